The molecule has 1 heterocycles. The van der Waals surface area contributed by atoms with E-state index in [-0.39, 0.29) is 10.9 Å². The number of benzene rings is 1. The number of thioether (sulfide) groups is 1. The Labute approximate surface area is 130 Å². The summed E-state index contributed by atoms with van der Waals surface area (Å²) in [6.45, 7) is 0. The van der Waals surface area contributed by atoms with E-state index in [0.717, 1.165) is 25.0 Å². The zero-order chi connectivity index (χ0) is 15.3. The van der Waals surface area contributed by atoms with Gasteiger partial charge in [-0.2, -0.15) is 0 Å². The first-order valence-electron chi connectivity index (χ1n) is 7.18. The highest BCUT2D eigenvalue weighted by atomic mass is 32.2. The average Bonchev–Trinajstić information content (AvgIpc) is 3.19. The molecule has 7 nitrogen and oxygen atoms in total. The van der Waals surface area contributed by atoms with Crippen LogP contribution in [0.2, 0.25) is 0 Å². The smallest absolute Gasteiger partial charge is 0.271 e. The minimum atomic E-state index is -0.417. The Hall–Kier alpha value is -2.09. The predicted molar refractivity (Wildman–Crippen MR) is 82.4 cm³/mol. The van der Waals surface area contributed by atoms with Crippen LogP contribution in [-0.2, 0) is 0 Å². The standard InChI is InChI=1S/C14H14N4O3S/c19-17-12-7-1-2-8(5-7)13(12)22-14-15-10-4-3-9(18(20)21)6-11(10)16-14/h3-4,6-8,13,19H,1-2,5H2,(H,15,16)/b17-12-. The SMILES string of the molecule is O=[N+]([O-])c1ccc2nc(SC3/C(=N\O)C4CCC3C4)[nH]c2c1. The van der Waals surface area contributed by atoms with Gasteiger partial charge in [-0.15, -0.1) is 0 Å². The van der Waals surface area contributed by atoms with Crippen LogP contribution in [0.15, 0.2) is 28.5 Å². The number of aromatic nitrogens is 2. The molecule has 4 rings (SSSR count). The Bertz CT molecular complexity index is 787. The normalized spacial score (nSPS) is 28.7. The van der Waals surface area contributed by atoms with Crippen molar-refractivity contribution in [1.29, 1.82) is 0 Å². The fraction of sp³-hybridized carbons (Fsp3) is 0.429. The molecule has 3 atom stereocenters. The van der Waals surface area contributed by atoms with Crippen molar-refractivity contribution in [1.82, 2.24) is 9.97 Å². The van der Waals surface area contributed by atoms with E-state index in [0.29, 0.717) is 28.0 Å². The molecule has 114 valence electrons. The van der Waals surface area contributed by atoms with E-state index >= 15 is 0 Å². The molecule has 2 bridgehead atoms. The molecule has 0 spiro atoms. The molecule has 2 aliphatic rings. The fourth-order valence-electron chi connectivity index (χ4n) is 3.59. The lowest BCUT2D eigenvalue weighted by atomic mass is 9.98. The first-order valence-corrected chi connectivity index (χ1v) is 8.06. The first kappa shape index (κ1) is 13.6. The summed E-state index contributed by atoms with van der Waals surface area (Å²) < 4.78 is 0. The van der Waals surface area contributed by atoms with Crippen LogP contribution in [0.1, 0.15) is 19.3 Å². The van der Waals surface area contributed by atoms with Crippen molar-refractivity contribution in [2.45, 2.75) is 29.7 Å². The van der Waals surface area contributed by atoms with Gasteiger partial charge in [-0.05, 0) is 31.2 Å². The predicted octanol–water partition coefficient (Wildman–Crippen LogP) is 3.19. The summed E-state index contributed by atoms with van der Waals surface area (Å²) in [5.74, 6) is 0.932. The number of nitro groups is 1. The number of fused-ring (bicyclic) bond motifs is 3. The average molecular weight is 318 g/mol. The molecular weight excluding hydrogens is 304 g/mol. The van der Waals surface area contributed by atoms with Crippen LogP contribution in [0, 0.1) is 22.0 Å². The summed E-state index contributed by atoms with van der Waals surface area (Å²) in [5, 5.41) is 24.4. The topological polar surface area (TPSA) is 104 Å². The summed E-state index contributed by atoms with van der Waals surface area (Å²) in [7, 11) is 0. The van der Waals surface area contributed by atoms with Crippen LogP contribution in [0.4, 0.5) is 5.69 Å². The van der Waals surface area contributed by atoms with Gasteiger partial charge in [-0.1, -0.05) is 16.9 Å². The van der Waals surface area contributed by atoms with E-state index in [2.05, 4.69) is 15.1 Å². The molecular formula is C14H14N4O3S. The molecule has 0 amide bonds. The summed E-state index contributed by atoms with van der Waals surface area (Å²) in [4.78, 5) is 18.0. The second kappa shape index (κ2) is 4.98. The second-order valence-corrected chi connectivity index (χ2v) is 6.96. The van der Waals surface area contributed by atoms with Crippen molar-refractivity contribution in [2.75, 3.05) is 0 Å². The van der Waals surface area contributed by atoms with Gasteiger partial charge in [-0.3, -0.25) is 10.1 Å². The molecule has 2 aromatic rings. The van der Waals surface area contributed by atoms with Crippen molar-refractivity contribution in [3.8, 4) is 0 Å². The van der Waals surface area contributed by atoms with Crippen molar-refractivity contribution in [3.05, 3.63) is 28.3 Å². The lowest BCUT2D eigenvalue weighted by Crippen LogP contribution is -2.25. The number of H-pyrrole nitrogens is 1. The summed E-state index contributed by atoms with van der Waals surface area (Å²) in [5.41, 5.74) is 2.28. The van der Waals surface area contributed by atoms with Gasteiger partial charge in [0.2, 0.25) is 0 Å². The molecule has 3 unspecified atom stereocenters. The van der Waals surface area contributed by atoms with E-state index in [4.69, 9.17) is 0 Å². The van der Waals surface area contributed by atoms with Gasteiger partial charge in [-0.25, -0.2) is 4.98 Å². The number of nitrogens with zero attached hydrogens (tertiary/aromatic N) is 3. The largest absolute Gasteiger partial charge is 0.411 e. The number of imidazole rings is 1. The van der Waals surface area contributed by atoms with Gasteiger partial charge in [0.25, 0.3) is 5.69 Å². The number of aromatic amines is 1. The first-order chi connectivity index (χ1) is 10.7. The van der Waals surface area contributed by atoms with Gasteiger partial charge in [0.15, 0.2) is 5.16 Å². The lowest BCUT2D eigenvalue weighted by Gasteiger charge is -2.20. The van der Waals surface area contributed by atoms with Crippen LogP contribution >= 0.6 is 11.8 Å². The number of nitrogens with one attached hydrogen (secondary N) is 1. The molecule has 2 fully saturated rings. The maximum Gasteiger partial charge on any atom is 0.271 e. The number of nitro benzene ring substituents is 1. The molecule has 8 heteroatoms. The number of non-ortho nitro benzene ring substituents is 1. The maximum atomic E-state index is 10.8. The molecule has 1 aromatic carbocycles. The third-order valence-corrected chi connectivity index (χ3v) is 5.92. The Balaban J connectivity index is 1.63. The lowest BCUT2D eigenvalue weighted by molar-refractivity contribution is -0.384. The Kier molecular flexibility index (Phi) is 3.07. The minimum absolute atomic E-state index is 0.0465. The monoisotopic (exact) mass is 318 g/mol. The summed E-state index contributed by atoms with van der Waals surface area (Å²) in [6.07, 6.45) is 3.35. The van der Waals surface area contributed by atoms with Crippen LogP contribution in [-0.4, -0.2) is 31.1 Å². The Morgan fingerprint density at radius 3 is 3.09 bits per heavy atom. The molecule has 22 heavy (non-hydrogen) atoms. The highest BCUT2D eigenvalue weighted by molar-refractivity contribution is 8.00. The number of rotatable bonds is 3. The van der Waals surface area contributed by atoms with Crippen LogP contribution < -0.4 is 0 Å². The summed E-state index contributed by atoms with van der Waals surface area (Å²) in [6, 6.07) is 4.60. The highest BCUT2D eigenvalue weighted by Crippen LogP contribution is 2.49. The van der Waals surface area contributed by atoms with Crippen molar-refractivity contribution in [2.24, 2.45) is 17.0 Å². The second-order valence-electron chi connectivity index (χ2n) is 5.83. The van der Waals surface area contributed by atoms with Gasteiger partial charge in [0.05, 0.1) is 26.9 Å². The third-order valence-electron chi connectivity index (χ3n) is 4.62. The number of oxime groups is 1. The van der Waals surface area contributed by atoms with E-state index in [9.17, 15) is 15.3 Å². The van der Waals surface area contributed by atoms with E-state index in [1.54, 1.807) is 17.8 Å². The van der Waals surface area contributed by atoms with Gasteiger partial charge >= 0.3 is 0 Å². The number of hydrogen-bond donors (Lipinski definition) is 2. The van der Waals surface area contributed by atoms with Crippen LogP contribution in [0.25, 0.3) is 11.0 Å². The molecule has 2 aliphatic carbocycles. The van der Waals surface area contributed by atoms with E-state index in [1.165, 1.54) is 12.1 Å². The van der Waals surface area contributed by atoms with Crippen molar-refractivity contribution >= 4 is 34.2 Å². The molecule has 0 radical (unpaired) electrons. The third kappa shape index (κ3) is 2.06. The zero-order valence-electron chi connectivity index (χ0n) is 11.6. The van der Waals surface area contributed by atoms with Crippen LogP contribution in [0.3, 0.4) is 0 Å². The molecule has 0 saturated heterocycles. The highest BCUT2D eigenvalue weighted by Gasteiger charge is 2.46. The van der Waals surface area contributed by atoms with Gasteiger partial charge < -0.3 is 10.2 Å². The Morgan fingerprint density at radius 2 is 2.32 bits per heavy atom. The van der Waals surface area contributed by atoms with E-state index < -0.39 is 4.92 Å². The molecule has 1 aromatic heterocycles. The summed E-state index contributed by atoms with van der Waals surface area (Å²) >= 11 is 1.56. The van der Waals surface area contributed by atoms with E-state index in [1.807, 2.05) is 0 Å². The number of hydrogen-bond acceptors (Lipinski definition) is 6. The van der Waals surface area contributed by atoms with Crippen molar-refractivity contribution in [3.63, 3.8) is 0 Å². The quantitative estimate of drug-likeness (QED) is 0.514. The maximum absolute atomic E-state index is 10.8. The van der Waals surface area contributed by atoms with Crippen LogP contribution in [0.5, 0.6) is 0 Å². The molecule has 2 saturated carbocycles. The minimum Gasteiger partial charge on any atom is -0.411 e. The Morgan fingerprint density at radius 1 is 1.45 bits per heavy atom. The van der Waals surface area contributed by atoms with Gasteiger partial charge in [0, 0.05) is 18.1 Å². The van der Waals surface area contributed by atoms with Crippen molar-refractivity contribution < 1.29 is 10.1 Å². The molecule has 0 aliphatic heterocycles. The zero-order valence-corrected chi connectivity index (χ0v) is 12.4. The van der Waals surface area contributed by atoms with Gasteiger partial charge in [0.1, 0.15) is 0 Å². The molecule has 2 N–H and O–H groups in total. The fourth-order valence-corrected chi connectivity index (χ4v) is 4.95.